The fourth-order valence-electron chi connectivity index (χ4n) is 4.70. The molecule has 0 spiro atoms. The first-order valence-corrected chi connectivity index (χ1v) is 12.9. The van der Waals surface area contributed by atoms with E-state index in [1.165, 1.54) is 5.39 Å². The molecule has 4 aromatic rings. The number of ether oxygens (including phenoxy) is 1. The molecular weight excluding hydrogens is 434 g/mol. The number of benzene rings is 3. The van der Waals surface area contributed by atoms with Crippen molar-refractivity contribution < 1.29 is 13.2 Å². The highest BCUT2D eigenvalue weighted by Gasteiger charge is 2.25. The predicted octanol–water partition coefficient (Wildman–Crippen LogP) is 4.01. The molecule has 0 amide bonds. The van der Waals surface area contributed by atoms with Gasteiger partial charge in [-0.3, -0.25) is 4.90 Å². The first-order valence-electron chi connectivity index (χ1n) is 11.4. The van der Waals surface area contributed by atoms with Crippen molar-refractivity contribution in [2.24, 2.45) is 13.0 Å². The zero-order chi connectivity index (χ0) is 22.8. The largest absolute Gasteiger partial charge is 0.492 e. The fourth-order valence-corrected chi connectivity index (χ4v) is 6.03. The molecule has 172 valence electrons. The molecule has 6 nitrogen and oxygen atoms in total. The number of hydrogen-bond acceptors (Lipinski definition) is 4. The average molecular weight is 464 g/mol. The van der Waals surface area contributed by atoms with Crippen LogP contribution < -0.4 is 9.46 Å². The Bertz CT molecular complexity index is 1370. The van der Waals surface area contributed by atoms with Crippen LogP contribution in [0.4, 0.5) is 0 Å². The molecule has 1 unspecified atom stereocenters. The molecule has 3 aromatic carbocycles. The van der Waals surface area contributed by atoms with Crippen molar-refractivity contribution in [2.75, 3.05) is 32.8 Å². The maximum Gasteiger partial charge on any atom is 0.241 e. The van der Waals surface area contributed by atoms with E-state index < -0.39 is 10.0 Å². The average Bonchev–Trinajstić information content (AvgIpc) is 3.44. The molecule has 1 fully saturated rings. The molecule has 1 aliphatic rings. The van der Waals surface area contributed by atoms with E-state index in [4.69, 9.17) is 4.74 Å². The lowest BCUT2D eigenvalue weighted by Crippen LogP contribution is -2.32. The summed E-state index contributed by atoms with van der Waals surface area (Å²) in [6.45, 7) is 3.72. The summed E-state index contributed by atoms with van der Waals surface area (Å²) < 4.78 is 36.8. The first kappa shape index (κ1) is 21.9. The van der Waals surface area contributed by atoms with E-state index >= 15 is 0 Å². The SMILES string of the molecule is Cn1ccc2c(S(=O)(=O)NCC3CCN(CCOc4cccc5ccccc45)C3)cccc21. The van der Waals surface area contributed by atoms with Gasteiger partial charge in [-0.25, -0.2) is 13.1 Å². The first-order chi connectivity index (χ1) is 16.0. The van der Waals surface area contributed by atoms with Gasteiger partial charge in [0.15, 0.2) is 0 Å². The molecule has 0 radical (unpaired) electrons. The van der Waals surface area contributed by atoms with Crippen molar-refractivity contribution in [2.45, 2.75) is 11.3 Å². The number of aryl methyl sites for hydroxylation is 1. The molecular formula is C26H29N3O3S. The number of nitrogens with zero attached hydrogens (tertiary/aromatic N) is 2. The van der Waals surface area contributed by atoms with Crippen LogP contribution in [0.5, 0.6) is 5.75 Å². The van der Waals surface area contributed by atoms with Crippen LogP contribution in [-0.4, -0.2) is 50.7 Å². The Morgan fingerprint density at radius 2 is 1.82 bits per heavy atom. The monoisotopic (exact) mass is 463 g/mol. The molecule has 1 aromatic heterocycles. The van der Waals surface area contributed by atoms with Gasteiger partial charge in [0.05, 0.1) is 4.90 Å². The van der Waals surface area contributed by atoms with Gasteiger partial charge in [0.25, 0.3) is 0 Å². The number of sulfonamides is 1. The van der Waals surface area contributed by atoms with Crippen LogP contribution in [0.3, 0.4) is 0 Å². The van der Waals surface area contributed by atoms with Gasteiger partial charge in [-0.15, -0.1) is 0 Å². The molecule has 7 heteroatoms. The third kappa shape index (κ3) is 4.62. The summed E-state index contributed by atoms with van der Waals surface area (Å²) in [4.78, 5) is 2.70. The maximum atomic E-state index is 13.0. The van der Waals surface area contributed by atoms with E-state index in [1.807, 2.05) is 54.2 Å². The molecule has 33 heavy (non-hydrogen) atoms. The minimum Gasteiger partial charge on any atom is -0.492 e. The summed E-state index contributed by atoms with van der Waals surface area (Å²) in [6.07, 6.45) is 2.87. The van der Waals surface area contributed by atoms with Crippen LogP contribution in [0, 0.1) is 5.92 Å². The van der Waals surface area contributed by atoms with Gasteiger partial charge in [-0.1, -0.05) is 42.5 Å². The zero-order valence-electron chi connectivity index (χ0n) is 18.8. The molecule has 1 atom stereocenters. The van der Waals surface area contributed by atoms with Crippen molar-refractivity contribution in [1.82, 2.24) is 14.2 Å². The second-order valence-corrected chi connectivity index (χ2v) is 10.5. The summed E-state index contributed by atoms with van der Waals surface area (Å²) in [5.41, 5.74) is 0.913. The van der Waals surface area contributed by atoms with Crippen LogP contribution in [-0.2, 0) is 17.1 Å². The van der Waals surface area contributed by atoms with Gasteiger partial charge in [-0.05, 0) is 48.5 Å². The lowest BCUT2D eigenvalue weighted by molar-refractivity contribution is 0.234. The Labute approximate surface area is 194 Å². The summed E-state index contributed by atoms with van der Waals surface area (Å²) in [5, 5.41) is 3.06. The third-order valence-electron chi connectivity index (χ3n) is 6.52. The molecule has 1 aliphatic heterocycles. The van der Waals surface area contributed by atoms with Gasteiger partial charge < -0.3 is 9.30 Å². The van der Waals surface area contributed by atoms with Crippen LogP contribution in [0.25, 0.3) is 21.7 Å². The highest BCUT2D eigenvalue weighted by Crippen LogP contribution is 2.26. The minimum atomic E-state index is -3.56. The fraction of sp³-hybridized carbons (Fsp3) is 0.308. The van der Waals surface area contributed by atoms with Crippen molar-refractivity contribution >= 4 is 31.7 Å². The number of likely N-dealkylation sites (tertiary alicyclic amines) is 1. The summed E-state index contributed by atoms with van der Waals surface area (Å²) in [5.74, 6) is 1.21. The van der Waals surface area contributed by atoms with Crippen LogP contribution in [0.1, 0.15) is 6.42 Å². The smallest absolute Gasteiger partial charge is 0.241 e. The van der Waals surface area contributed by atoms with E-state index in [0.717, 1.165) is 48.1 Å². The minimum absolute atomic E-state index is 0.298. The number of fused-ring (bicyclic) bond motifs is 2. The van der Waals surface area contributed by atoms with Crippen LogP contribution in [0.15, 0.2) is 77.8 Å². The molecule has 0 aliphatic carbocycles. The highest BCUT2D eigenvalue weighted by atomic mass is 32.2. The van der Waals surface area contributed by atoms with Crippen molar-refractivity contribution in [3.63, 3.8) is 0 Å². The zero-order valence-corrected chi connectivity index (χ0v) is 19.6. The number of nitrogens with one attached hydrogen (secondary N) is 1. The Balaban J connectivity index is 1.14. The Kier molecular flexibility index (Phi) is 6.10. The standard InChI is InChI=1S/C26H29N3O3S/c1-28-14-13-23-24(28)9-5-11-26(23)33(30,31)27-18-20-12-15-29(19-20)16-17-32-25-10-4-7-21-6-2-3-8-22(21)25/h2-11,13-14,20,27H,12,15-19H2,1H3. The van der Waals surface area contributed by atoms with Crippen molar-refractivity contribution in [1.29, 1.82) is 0 Å². The summed E-state index contributed by atoms with van der Waals surface area (Å²) >= 11 is 0. The second-order valence-electron chi connectivity index (χ2n) is 8.75. The van der Waals surface area contributed by atoms with Gasteiger partial charge >= 0.3 is 0 Å². The summed E-state index contributed by atoms with van der Waals surface area (Å²) in [6, 6.07) is 21.6. The quantitative estimate of drug-likeness (QED) is 0.429. The predicted molar refractivity (Wildman–Crippen MR) is 132 cm³/mol. The van der Waals surface area contributed by atoms with Gasteiger partial charge in [0.1, 0.15) is 12.4 Å². The molecule has 2 heterocycles. The maximum absolute atomic E-state index is 13.0. The lowest BCUT2D eigenvalue weighted by Gasteiger charge is -2.17. The lowest BCUT2D eigenvalue weighted by atomic mass is 10.1. The Hall–Kier alpha value is -2.87. The number of aromatic nitrogens is 1. The Morgan fingerprint density at radius 3 is 2.73 bits per heavy atom. The van der Waals surface area contributed by atoms with E-state index in [1.54, 1.807) is 12.1 Å². The van der Waals surface area contributed by atoms with Crippen molar-refractivity contribution in [3.05, 3.63) is 72.9 Å². The normalized spacial score (nSPS) is 17.2. The van der Waals surface area contributed by atoms with E-state index in [2.05, 4.69) is 27.8 Å². The highest BCUT2D eigenvalue weighted by molar-refractivity contribution is 7.89. The van der Waals surface area contributed by atoms with Crippen molar-refractivity contribution in [3.8, 4) is 5.75 Å². The molecule has 1 N–H and O–H groups in total. The van der Waals surface area contributed by atoms with Gasteiger partial charge in [0, 0.05) is 49.2 Å². The summed E-state index contributed by atoms with van der Waals surface area (Å²) in [7, 11) is -1.64. The van der Waals surface area contributed by atoms with E-state index in [-0.39, 0.29) is 0 Å². The second kappa shape index (κ2) is 9.17. The third-order valence-corrected chi connectivity index (χ3v) is 8.01. The van der Waals surface area contributed by atoms with E-state index in [9.17, 15) is 8.42 Å². The molecule has 0 saturated carbocycles. The number of rotatable bonds is 8. The number of hydrogen-bond donors (Lipinski definition) is 1. The van der Waals surface area contributed by atoms with Gasteiger partial charge in [-0.2, -0.15) is 0 Å². The van der Waals surface area contributed by atoms with Gasteiger partial charge in [0.2, 0.25) is 10.0 Å². The van der Waals surface area contributed by atoms with Crippen LogP contribution >= 0.6 is 0 Å². The Morgan fingerprint density at radius 1 is 1.00 bits per heavy atom. The molecule has 0 bridgehead atoms. The molecule has 1 saturated heterocycles. The molecule has 5 rings (SSSR count). The van der Waals surface area contributed by atoms with E-state index in [0.29, 0.717) is 24.0 Å². The topological polar surface area (TPSA) is 63.6 Å². The van der Waals surface area contributed by atoms with Crippen LogP contribution in [0.2, 0.25) is 0 Å².